The minimum Gasteiger partial charge on any atom is -0.497 e. The highest BCUT2D eigenvalue weighted by Gasteiger charge is 2.09. The lowest BCUT2D eigenvalue weighted by molar-refractivity contribution is 0.0946. The maximum absolute atomic E-state index is 12.2. The Kier molecular flexibility index (Phi) is 6.29. The first-order valence-corrected chi connectivity index (χ1v) is 7.81. The quantitative estimate of drug-likeness (QED) is 0.750. The first-order valence-electron chi connectivity index (χ1n) is 7.02. The van der Waals surface area contributed by atoms with E-state index >= 15 is 0 Å². The van der Waals surface area contributed by atoms with E-state index in [0.29, 0.717) is 30.2 Å². The van der Waals surface area contributed by atoms with E-state index in [1.54, 1.807) is 32.4 Å². The Morgan fingerprint density at radius 2 is 1.61 bits per heavy atom. The summed E-state index contributed by atoms with van der Waals surface area (Å²) in [5.41, 5.74) is 0.477. The average Bonchev–Trinajstić information content (AvgIpc) is 2.59. The average molecular weight is 380 g/mol. The molecule has 2 aromatic rings. The molecule has 0 fully saturated rings. The highest BCUT2D eigenvalue weighted by molar-refractivity contribution is 9.10. The predicted molar refractivity (Wildman–Crippen MR) is 91.5 cm³/mol. The Labute approximate surface area is 143 Å². The van der Waals surface area contributed by atoms with Crippen molar-refractivity contribution in [2.24, 2.45) is 0 Å². The molecule has 0 saturated carbocycles. The van der Waals surface area contributed by atoms with Gasteiger partial charge in [0.1, 0.15) is 23.9 Å². The number of carbonyl (C=O) groups excluding carboxylic acids is 1. The smallest absolute Gasteiger partial charge is 0.251 e. The van der Waals surface area contributed by atoms with Crippen molar-refractivity contribution in [3.05, 3.63) is 52.5 Å². The number of ether oxygens (including phenoxy) is 3. The lowest BCUT2D eigenvalue weighted by atomic mass is 10.2. The summed E-state index contributed by atoms with van der Waals surface area (Å²) in [5.74, 6) is 1.69. The lowest BCUT2D eigenvalue weighted by Crippen LogP contribution is -2.28. The van der Waals surface area contributed by atoms with Crippen LogP contribution in [0.3, 0.4) is 0 Å². The second kappa shape index (κ2) is 8.43. The van der Waals surface area contributed by atoms with Crippen molar-refractivity contribution < 1.29 is 19.0 Å². The van der Waals surface area contributed by atoms with E-state index < -0.39 is 0 Å². The van der Waals surface area contributed by atoms with E-state index in [4.69, 9.17) is 14.2 Å². The Bertz CT molecular complexity index is 636. The number of rotatable bonds is 7. The molecule has 0 aromatic heterocycles. The van der Waals surface area contributed by atoms with Crippen LogP contribution in [0.25, 0.3) is 0 Å². The molecule has 1 N–H and O–H groups in total. The van der Waals surface area contributed by atoms with Crippen molar-refractivity contribution in [3.8, 4) is 17.2 Å². The summed E-state index contributed by atoms with van der Waals surface area (Å²) < 4.78 is 16.8. The topological polar surface area (TPSA) is 56.8 Å². The number of methoxy groups -OCH3 is 2. The zero-order chi connectivity index (χ0) is 16.7. The molecule has 0 bridgehead atoms. The molecule has 0 heterocycles. The molecule has 2 rings (SSSR count). The van der Waals surface area contributed by atoms with E-state index in [0.717, 1.165) is 10.2 Å². The van der Waals surface area contributed by atoms with Crippen LogP contribution in [-0.4, -0.2) is 33.3 Å². The number of hydrogen-bond donors (Lipinski definition) is 1. The van der Waals surface area contributed by atoms with E-state index in [-0.39, 0.29) is 5.91 Å². The minimum absolute atomic E-state index is 0.207. The third kappa shape index (κ3) is 5.17. The highest BCUT2D eigenvalue weighted by atomic mass is 79.9. The second-order valence-corrected chi connectivity index (χ2v) is 5.58. The van der Waals surface area contributed by atoms with E-state index in [1.165, 1.54) is 0 Å². The number of benzene rings is 2. The molecule has 0 aliphatic rings. The first kappa shape index (κ1) is 17.1. The lowest BCUT2D eigenvalue weighted by Gasteiger charge is -2.10. The van der Waals surface area contributed by atoms with Gasteiger partial charge in [0.15, 0.2) is 0 Å². The van der Waals surface area contributed by atoms with Crippen LogP contribution >= 0.6 is 15.9 Å². The van der Waals surface area contributed by atoms with Crippen LogP contribution in [0, 0.1) is 0 Å². The maximum Gasteiger partial charge on any atom is 0.251 e. The van der Waals surface area contributed by atoms with Crippen LogP contribution in [0.15, 0.2) is 46.9 Å². The van der Waals surface area contributed by atoms with Crippen LogP contribution in [0.2, 0.25) is 0 Å². The molecule has 0 spiro atoms. The first-order chi connectivity index (χ1) is 11.1. The normalized spacial score (nSPS) is 10.0. The fourth-order valence-electron chi connectivity index (χ4n) is 1.90. The molecule has 122 valence electrons. The summed E-state index contributed by atoms with van der Waals surface area (Å²) in [6, 6.07) is 12.6. The summed E-state index contributed by atoms with van der Waals surface area (Å²) in [7, 11) is 3.09. The summed E-state index contributed by atoms with van der Waals surface area (Å²) in [5, 5.41) is 2.80. The van der Waals surface area contributed by atoms with Gasteiger partial charge in [0.25, 0.3) is 5.91 Å². The zero-order valence-electron chi connectivity index (χ0n) is 13.0. The fraction of sp³-hybridized carbons (Fsp3) is 0.235. The summed E-state index contributed by atoms with van der Waals surface area (Å²) in [6.07, 6.45) is 0. The molecule has 0 aliphatic carbocycles. The fourth-order valence-corrected chi connectivity index (χ4v) is 2.17. The number of hydrogen-bond acceptors (Lipinski definition) is 4. The van der Waals surface area contributed by atoms with Gasteiger partial charge in [-0.1, -0.05) is 15.9 Å². The van der Waals surface area contributed by atoms with Gasteiger partial charge in [-0.3, -0.25) is 4.79 Å². The Morgan fingerprint density at radius 3 is 2.17 bits per heavy atom. The Balaban J connectivity index is 1.86. The van der Waals surface area contributed by atoms with Gasteiger partial charge >= 0.3 is 0 Å². The van der Waals surface area contributed by atoms with Crippen molar-refractivity contribution in [2.45, 2.75) is 0 Å². The molecule has 0 saturated heterocycles. The maximum atomic E-state index is 12.2. The largest absolute Gasteiger partial charge is 0.497 e. The van der Waals surface area contributed by atoms with Crippen LogP contribution in [0.4, 0.5) is 0 Å². The van der Waals surface area contributed by atoms with Gasteiger partial charge in [-0.05, 0) is 36.4 Å². The standard InChI is InChI=1S/C17H18BrNO4/c1-21-15-9-12(10-16(11-15)22-2)17(20)19-7-8-23-14-5-3-13(18)4-6-14/h3-6,9-11H,7-8H2,1-2H3,(H,19,20). The Hall–Kier alpha value is -2.21. The van der Waals surface area contributed by atoms with Gasteiger partial charge in [0.2, 0.25) is 0 Å². The molecule has 0 atom stereocenters. The van der Waals surface area contributed by atoms with Gasteiger partial charge in [0.05, 0.1) is 20.8 Å². The van der Waals surface area contributed by atoms with E-state index in [2.05, 4.69) is 21.2 Å². The minimum atomic E-state index is -0.207. The third-order valence-electron chi connectivity index (χ3n) is 3.08. The van der Waals surface area contributed by atoms with E-state index in [9.17, 15) is 4.79 Å². The Morgan fingerprint density at radius 1 is 1.00 bits per heavy atom. The molecule has 0 unspecified atom stereocenters. The number of amides is 1. The highest BCUT2D eigenvalue weighted by Crippen LogP contribution is 2.22. The molecule has 6 heteroatoms. The van der Waals surface area contributed by atoms with Gasteiger partial charge in [-0.2, -0.15) is 0 Å². The number of nitrogens with one attached hydrogen (secondary N) is 1. The summed E-state index contributed by atoms with van der Waals surface area (Å²) in [6.45, 7) is 0.781. The molecular formula is C17H18BrNO4. The molecule has 0 radical (unpaired) electrons. The SMILES string of the molecule is COc1cc(OC)cc(C(=O)NCCOc2ccc(Br)cc2)c1. The molecular weight excluding hydrogens is 362 g/mol. The van der Waals surface area contributed by atoms with Crippen molar-refractivity contribution in [1.82, 2.24) is 5.32 Å². The van der Waals surface area contributed by atoms with Crippen LogP contribution in [-0.2, 0) is 0 Å². The van der Waals surface area contributed by atoms with Crippen molar-refractivity contribution >= 4 is 21.8 Å². The molecule has 1 amide bonds. The second-order valence-electron chi connectivity index (χ2n) is 4.66. The van der Waals surface area contributed by atoms with Gasteiger partial charge in [-0.25, -0.2) is 0 Å². The number of halogens is 1. The van der Waals surface area contributed by atoms with Crippen molar-refractivity contribution in [1.29, 1.82) is 0 Å². The van der Waals surface area contributed by atoms with Crippen LogP contribution in [0.5, 0.6) is 17.2 Å². The van der Waals surface area contributed by atoms with Gasteiger partial charge in [-0.15, -0.1) is 0 Å². The van der Waals surface area contributed by atoms with Crippen LogP contribution < -0.4 is 19.5 Å². The molecule has 0 aliphatic heterocycles. The zero-order valence-corrected chi connectivity index (χ0v) is 14.6. The predicted octanol–water partition coefficient (Wildman–Crippen LogP) is 3.28. The van der Waals surface area contributed by atoms with Crippen molar-refractivity contribution in [2.75, 3.05) is 27.4 Å². The van der Waals surface area contributed by atoms with E-state index in [1.807, 2.05) is 24.3 Å². The number of carbonyl (C=O) groups is 1. The third-order valence-corrected chi connectivity index (χ3v) is 3.61. The summed E-state index contributed by atoms with van der Waals surface area (Å²) in [4.78, 5) is 12.2. The van der Waals surface area contributed by atoms with Crippen molar-refractivity contribution in [3.63, 3.8) is 0 Å². The van der Waals surface area contributed by atoms with Gasteiger partial charge < -0.3 is 19.5 Å². The summed E-state index contributed by atoms with van der Waals surface area (Å²) >= 11 is 3.36. The van der Waals surface area contributed by atoms with Crippen LogP contribution in [0.1, 0.15) is 10.4 Å². The molecule has 5 nitrogen and oxygen atoms in total. The van der Waals surface area contributed by atoms with Gasteiger partial charge in [0, 0.05) is 16.1 Å². The molecule has 2 aromatic carbocycles. The molecule has 23 heavy (non-hydrogen) atoms. The monoisotopic (exact) mass is 379 g/mol.